The lowest BCUT2D eigenvalue weighted by molar-refractivity contribution is -0.127. The summed E-state index contributed by atoms with van der Waals surface area (Å²) in [5.74, 6) is 0.424. The van der Waals surface area contributed by atoms with Gasteiger partial charge >= 0.3 is 6.03 Å². The molecule has 20 heavy (non-hydrogen) atoms. The van der Waals surface area contributed by atoms with E-state index >= 15 is 0 Å². The van der Waals surface area contributed by atoms with Gasteiger partial charge in [-0.3, -0.25) is 4.79 Å². The van der Waals surface area contributed by atoms with Gasteiger partial charge in [0.2, 0.25) is 5.91 Å². The molecule has 0 spiro atoms. The molecule has 0 radical (unpaired) electrons. The van der Waals surface area contributed by atoms with Crippen molar-refractivity contribution >= 4 is 29.2 Å². The topological polar surface area (TPSA) is 61.4 Å². The molecule has 1 saturated heterocycles. The molecule has 0 aromatic heterocycles. The van der Waals surface area contributed by atoms with Crippen molar-refractivity contribution in [2.24, 2.45) is 5.92 Å². The molecule has 0 saturated carbocycles. The van der Waals surface area contributed by atoms with E-state index < -0.39 is 0 Å². The van der Waals surface area contributed by atoms with Crippen LogP contribution in [-0.2, 0) is 4.79 Å². The van der Waals surface area contributed by atoms with Crippen LogP contribution in [0.1, 0.15) is 13.3 Å². The van der Waals surface area contributed by atoms with Crippen molar-refractivity contribution in [3.05, 3.63) is 29.3 Å². The fourth-order valence-electron chi connectivity index (χ4n) is 2.23. The van der Waals surface area contributed by atoms with Gasteiger partial charge in [0.1, 0.15) is 0 Å². The fourth-order valence-corrected chi connectivity index (χ4v) is 2.36. The average molecular weight is 296 g/mol. The third-order valence-corrected chi connectivity index (χ3v) is 3.64. The molecule has 1 fully saturated rings. The quantitative estimate of drug-likeness (QED) is 0.899. The number of rotatable bonds is 3. The number of hydrogen-bond acceptors (Lipinski definition) is 2. The second-order valence-electron chi connectivity index (χ2n) is 4.96. The minimum absolute atomic E-state index is 0.0955. The standard InChI is InChI=1S/C14H18ClN3O2/c1-10(19)18-7-6-11(9-18)8-16-14(20)17-13-4-2-12(15)3-5-13/h2-5,11H,6-9H2,1H3,(H2,16,17,20)/t11-/m1/s1. The van der Waals surface area contributed by atoms with Crippen LogP contribution in [0.4, 0.5) is 10.5 Å². The van der Waals surface area contributed by atoms with E-state index in [1.807, 2.05) is 4.90 Å². The highest BCUT2D eigenvalue weighted by Gasteiger charge is 2.24. The molecule has 5 nitrogen and oxygen atoms in total. The second-order valence-corrected chi connectivity index (χ2v) is 5.40. The third-order valence-electron chi connectivity index (χ3n) is 3.38. The number of nitrogens with one attached hydrogen (secondary N) is 2. The lowest BCUT2D eigenvalue weighted by Gasteiger charge is -2.14. The molecule has 3 amide bonds. The van der Waals surface area contributed by atoms with Crippen molar-refractivity contribution < 1.29 is 9.59 Å². The summed E-state index contributed by atoms with van der Waals surface area (Å²) in [5.41, 5.74) is 0.698. The zero-order chi connectivity index (χ0) is 14.5. The molecule has 1 aromatic carbocycles. The van der Waals surface area contributed by atoms with Crippen molar-refractivity contribution in [1.29, 1.82) is 0 Å². The van der Waals surface area contributed by atoms with Gasteiger partial charge in [-0.2, -0.15) is 0 Å². The Labute approximate surface area is 123 Å². The van der Waals surface area contributed by atoms with Crippen LogP contribution < -0.4 is 10.6 Å². The molecule has 108 valence electrons. The Hall–Kier alpha value is -1.75. The molecule has 2 rings (SSSR count). The number of hydrogen-bond donors (Lipinski definition) is 2. The Balaban J connectivity index is 1.73. The minimum atomic E-state index is -0.242. The first kappa shape index (κ1) is 14.7. The van der Waals surface area contributed by atoms with Crippen molar-refractivity contribution in [2.45, 2.75) is 13.3 Å². The largest absolute Gasteiger partial charge is 0.343 e. The first-order valence-corrected chi connectivity index (χ1v) is 6.98. The summed E-state index contributed by atoms with van der Waals surface area (Å²) < 4.78 is 0. The summed E-state index contributed by atoms with van der Waals surface area (Å²) in [6, 6.07) is 6.69. The molecular weight excluding hydrogens is 278 g/mol. The van der Waals surface area contributed by atoms with Crippen molar-refractivity contribution in [1.82, 2.24) is 10.2 Å². The van der Waals surface area contributed by atoms with Crippen LogP contribution in [-0.4, -0.2) is 36.5 Å². The maximum absolute atomic E-state index is 11.7. The Kier molecular flexibility index (Phi) is 4.84. The van der Waals surface area contributed by atoms with Crippen LogP contribution in [0.25, 0.3) is 0 Å². The molecule has 0 unspecified atom stereocenters. The van der Waals surface area contributed by atoms with Crippen molar-refractivity contribution in [3.8, 4) is 0 Å². The molecule has 1 atom stereocenters. The van der Waals surface area contributed by atoms with Crippen LogP contribution in [0.5, 0.6) is 0 Å². The molecule has 1 aliphatic rings. The second kappa shape index (κ2) is 6.61. The van der Waals surface area contributed by atoms with E-state index in [9.17, 15) is 9.59 Å². The van der Waals surface area contributed by atoms with E-state index in [0.29, 0.717) is 23.2 Å². The summed E-state index contributed by atoms with van der Waals surface area (Å²) in [7, 11) is 0. The Morgan fingerprint density at radius 1 is 1.35 bits per heavy atom. The van der Waals surface area contributed by atoms with Crippen molar-refractivity contribution in [3.63, 3.8) is 0 Å². The van der Waals surface area contributed by atoms with E-state index in [0.717, 1.165) is 19.5 Å². The zero-order valence-electron chi connectivity index (χ0n) is 11.4. The molecular formula is C14H18ClN3O2. The van der Waals surface area contributed by atoms with Gasteiger partial charge < -0.3 is 15.5 Å². The summed E-state index contributed by atoms with van der Waals surface area (Å²) >= 11 is 5.77. The zero-order valence-corrected chi connectivity index (χ0v) is 12.1. The van der Waals surface area contributed by atoms with Gasteiger partial charge in [-0.05, 0) is 36.6 Å². The first-order chi connectivity index (χ1) is 9.54. The Bertz CT molecular complexity index is 490. The number of urea groups is 1. The van der Waals surface area contributed by atoms with Gasteiger partial charge in [-0.25, -0.2) is 4.79 Å². The van der Waals surface area contributed by atoms with E-state index in [1.54, 1.807) is 31.2 Å². The summed E-state index contributed by atoms with van der Waals surface area (Å²) in [6.07, 6.45) is 0.931. The first-order valence-electron chi connectivity index (χ1n) is 6.60. The van der Waals surface area contributed by atoms with E-state index in [-0.39, 0.29) is 11.9 Å². The lowest BCUT2D eigenvalue weighted by Crippen LogP contribution is -2.34. The lowest BCUT2D eigenvalue weighted by atomic mass is 10.1. The van der Waals surface area contributed by atoms with Crippen LogP contribution in [0.2, 0.25) is 5.02 Å². The molecule has 6 heteroatoms. The number of nitrogens with zero attached hydrogens (tertiary/aromatic N) is 1. The van der Waals surface area contributed by atoms with Gasteiger partial charge in [0.15, 0.2) is 0 Å². The third kappa shape index (κ3) is 4.13. The highest BCUT2D eigenvalue weighted by atomic mass is 35.5. The Morgan fingerprint density at radius 2 is 2.05 bits per heavy atom. The van der Waals surface area contributed by atoms with Gasteiger partial charge in [-0.1, -0.05) is 11.6 Å². The monoisotopic (exact) mass is 295 g/mol. The van der Waals surface area contributed by atoms with Gasteiger partial charge in [0.05, 0.1) is 0 Å². The molecule has 1 aromatic rings. The number of halogens is 1. The fraction of sp³-hybridized carbons (Fsp3) is 0.429. The van der Waals surface area contributed by atoms with Crippen LogP contribution >= 0.6 is 11.6 Å². The van der Waals surface area contributed by atoms with Crippen LogP contribution in [0, 0.1) is 5.92 Å². The number of likely N-dealkylation sites (tertiary alicyclic amines) is 1. The van der Waals surface area contributed by atoms with Crippen LogP contribution in [0.3, 0.4) is 0 Å². The van der Waals surface area contributed by atoms with E-state index in [4.69, 9.17) is 11.6 Å². The number of amides is 3. The molecule has 1 heterocycles. The highest BCUT2D eigenvalue weighted by molar-refractivity contribution is 6.30. The number of carbonyl (C=O) groups excluding carboxylic acids is 2. The number of anilines is 1. The predicted molar refractivity (Wildman–Crippen MR) is 78.8 cm³/mol. The normalized spacial score (nSPS) is 17.9. The van der Waals surface area contributed by atoms with E-state index in [2.05, 4.69) is 10.6 Å². The molecule has 1 aliphatic heterocycles. The van der Waals surface area contributed by atoms with Gasteiger partial charge in [-0.15, -0.1) is 0 Å². The highest BCUT2D eigenvalue weighted by Crippen LogP contribution is 2.16. The minimum Gasteiger partial charge on any atom is -0.343 e. The summed E-state index contributed by atoms with van der Waals surface area (Å²) in [6.45, 7) is 3.64. The van der Waals surface area contributed by atoms with Gasteiger partial charge in [0, 0.05) is 37.3 Å². The molecule has 2 N–H and O–H groups in total. The predicted octanol–water partition coefficient (Wildman–Crippen LogP) is 2.33. The average Bonchev–Trinajstić information content (AvgIpc) is 2.88. The molecule has 0 aliphatic carbocycles. The maximum Gasteiger partial charge on any atom is 0.319 e. The number of carbonyl (C=O) groups is 2. The van der Waals surface area contributed by atoms with Gasteiger partial charge in [0.25, 0.3) is 0 Å². The van der Waals surface area contributed by atoms with Crippen LogP contribution in [0.15, 0.2) is 24.3 Å². The molecule has 0 bridgehead atoms. The number of benzene rings is 1. The van der Waals surface area contributed by atoms with Crippen molar-refractivity contribution in [2.75, 3.05) is 25.0 Å². The Morgan fingerprint density at radius 3 is 2.65 bits per heavy atom. The summed E-state index contributed by atoms with van der Waals surface area (Å²) in [5, 5.41) is 6.19. The van der Waals surface area contributed by atoms with E-state index in [1.165, 1.54) is 0 Å². The summed E-state index contributed by atoms with van der Waals surface area (Å²) in [4.78, 5) is 24.8. The maximum atomic E-state index is 11.7. The smallest absolute Gasteiger partial charge is 0.319 e. The SMILES string of the molecule is CC(=O)N1CC[C@H](CNC(=O)Nc2ccc(Cl)cc2)C1.